The number of unbranched alkanes of at least 4 members (excludes halogenated alkanes) is 12. The lowest BCUT2D eigenvalue weighted by molar-refractivity contribution is 0.415. The number of aromatic amines is 1. The molecule has 1 heterocycles. The van der Waals surface area contributed by atoms with Gasteiger partial charge in [0.25, 0.3) is 0 Å². The van der Waals surface area contributed by atoms with Crippen LogP contribution in [0.3, 0.4) is 0 Å². The molecule has 0 aliphatic heterocycles. The van der Waals surface area contributed by atoms with Crippen molar-refractivity contribution in [2.24, 2.45) is 0 Å². The molecule has 1 N–H and O–H groups in total. The van der Waals surface area contributed by atoms with Crippen LogP contribution in [0.25, 0.3) is 10.9 Å². The minimum atomic E-state index is 0.948. The summed E-state index contributed by atoms with van der Waals surface area (Å²) < 4.78 is 5.35. The maximum absolute atomic E-state index is 5.35. The molecule has 0 atom stereocenters. The third-order valence-electron chi connectivity index (χ3n) is 5.52. The minimum absolute atomic E-state index is 0.948. The molecular formula is C24H39NO. The molecule has 26 heavy (non-hydrogen) atoms. The molecule has 0 amide bonds. The quantitative estimate of drug-likeness (QED) is 0.323. The van der Waals surface area contributed by atoms with E-state index in [1.165, 1.54) is 106 Å². The fraction of sp³-hybridized carbons (Fsp3) is 0.667. The van der Waals surface area contributed by atoms with Crippen LogP contribution in [0, 0.1) is 0 Å². The molecule has 146 valence electrons. The van der Waals surface area contributed by atoms with Gasteiger partial charge in [-0.25, -0.2) is 0 Å². The van der Waals surface area contributed by atoms with Crippen LogP contribution in [0.4, 0.5) is 0 Å². The molecule has 2 rings (SSSR count). The Labute approximate surface area is 160 Å². The summed E-state index contributed by atoms with van der Waals surface area (Å²) in [4.78, 5) is 3.38. The number of nitrogens with one attached hydrogen (secondary N) is 1. The molecule has 0 unspecified atom stereocenters. The Kier molecular flexibility index (Phi) is 10.3. The molecule has 1 aromatic heterocycles. The van der Waals surface area contributed by atoms with Crippen LogP contribution < -0.4 is 4.74 Å². The topological polar surface area (TPSA) is 25.0 Å². The van der Waals surface area contributed by atoms with Gasteiger partial charge in [-0.2, -0.15) is 0 Å². The van der Waals surface area contributed by atoms with Gasteiger partial charge >= 0.3 is 0 Å². The molecule has 0 fully saturated rings. The first-order valence-electron chi connectivity index (χ1n) is 11.0. The molecule has 0 saturated carbocycles. The number of methoxy groups -OCH3 is 1. The zero-order valence-electron chi connectivity index (χ0n) is 17.1. The highest BCUT2D eigenvalue weighted by Gasteiger charge is 2.05. The number of fused-ring (bicyclic) bond motifs is 1. The van der Waals surface area contributed by atoms with E-state index in [9.17, 15) is 0 Å². The van der Waals surface area contributed by atoms with Crippen LogP contribution >= 0.6 is 0 Å². The van der Waals surface area contributed by atoms with E-state index >= 15 is 0 Å². The van der Waals surface area contributed by atoms with Gasteiger partial charge in [-0.05, 0) is 36.6 Å². The van der Waals surface area contributed by atoms with Crippen molar-refractivity contribution in [2.75, 3.05) is 7.11 Å². The van der Waals surface area contributed by atoms with Crippen LogP contribution in [0.5, 0.6) is 5.75 Å². The van der Waals surface area contributed by atoms with Crippen molar-refractivity contribution >= 4 is 10.9 Å². The van der Waals surface area contributed by atoms with E-state index in [0.717, 1.165) is 5.75 Å². The van der Waals surface area contributed by atoms with Crippen LogP contribution in [-0.4, -0.2) is 12.1 Å². The molecule has 2 heteroatoms. The van der Waals surface area contributed by atoms with Crippen molar-refractivity contribution in [1.29, 1.82) is 0 Å². The first-order chi connectivity index (χ1) is 12.8. The van der Waals surface area contributed by atoms with Gasteiger partial charge in [-0.15, -0.1) is 0 Å². The molecule has 0 saturated heterocycles. The van der Waals surface area contributed by atoms with E-state index in [0.29, 0.717) is 0 Å². The predicted octanol–water partition coefficient (Wildman–Crippen LogP) is 7.81. The molecule has 0 bridgehead atoms. The van der Waals surface area contributed by atoms with Crippen LogP contribution in [0.1, 0.15) is 96.0 Å². The van der Waals surface area contributed by atoms with Gasteiger partial charge in [0.2, 0.25) is 0 Å². The minimum Gasteiger partial charge on any atom is -0.497 e. The Bertz CT molecular complexity index is 601. The van der Waals surface area contributed by atoms with Crippen molar-refractivity contribution in [3.63, 3.8) is 0 Å². The molecule has 2 aromatic rings. The number of hydrogen-bond donors (Lipinski definition) is 1. The summed E-state index contributed by atoms with van der Waals surface area (Å²) in [6.45, 7) is 2.29. The van der Waals surface area contributed by atoms with Crippen molar-refractivity contribution in [1.82, 2.24) is 4.98 Å². The summed E-state index contributed by atoms with van der Waals surface area (Å²) in [7, 11) is 1.74. The Morgan fingerprint density at radius 3 is 1.92 bits per heavy atom. The second-order valence-electron chi connectivity index (χ2n) is 7.72. The van der Waals surface area contributed by atoms with Crippen LogP contribution in [-0.2, 0) is 6.42 Å². The van der Waals surface area contributed by atoms with E-state index in [1.807, 2.05) is 6.07 Å². The van der Waals surface area contributed by atoms with Gasteiger partial charge in [0.1, 0.15) is 5.75 Å². The fourth-order valence-electron chi connectivity index (χ4n) is 3.82. The van der Waals surface area contributed by atoms with Crippen LogP contribution in [0.2, 0.25) is 0 Å². The summed E-state index contributed by atoms with van der Waals surface area (Å²) >= 11 is 0. The van der Waals surface area contributed by atoms with Crippen LogP contribution in [0.15, 0.2) is 24.4 Å². The maximum Gasteiger partial charge on any atom is 0.119 e. The van der Waals surface area contributed by atoms with E-state index in [4.69, 9.17) is 4.74 Å². The Hall–Kier alpha value is -1.44. The Morgan fingerprint density at radius 1 is 0.769 bits per heavy atom. The SMILES string of the molecule is CCCCCCCCCCCCCCCc1c[nH]c2ccc(OC)cc12. The fourth-order valence-corrected chi connectivity index (χ4v) is 3.82. The third-order valence-corrected chi connectivity index (χ3v) is 5.52. The number of benzene rings is 1. The van der Waals surface area contributed by atoms with Gasteiger partial charge in [-0.1, -0.05) is 84.0 Å². The average molecular weight is 358 g/mol. The molecule has 2 nitrogen and oxygen atoms in total. The number of ether oxygens (including phenoxy) is 1. The summed E-state index contributed by atoms with van der Waals surface area (Å²) in [5.74, 6) is 0.948. The highest BCUT2D eigenvalue weighted by atomic mass is 16.5. The van der Waals surface area contributed by atoms with Crippen molar-refractivity contribution in [3.05, 3.63) is 30.0 Å². The lowest BCUT2D eigenvalue weighted by Gasteiger charge is -2.04. The molecule has 0 aliphatic rings. The predicted molar refractivity (Wildman–Crippen MR) is 114 cm³/mol. The zero-order chi connectivity index (χ0) is 18.5. The standard InChI is InChI=1S/C24H39NO/c1-3-4-5-6-7-8-9-10-11-12-13-14-15-16-21-20-25-24-18-17-22(26-2)19-23(21)24/h17-20,25H,3-16H2,1-2H3. The maximum atomic E-state index is 5.35. The average Bonchev–Trinajstić information content (AvgIpc) is 3.07. The molecule has 1 aromatic carbocycles. The molecule has 0 radical (unpaired) electrons. The molecule has 0 aliphatic carbocycles. The first-order valence-corrected chi connectivity index (χ1v) is 11.0. The number of H-pyrrole nitrogens is 1. The monoisotopic (exact) mass is 357 g/mol. The highest BCUT2D eigenvalue weighted by Crippen LogP contribution is 2.25. The van der Waals surface area contributed by atoms with Gasteiger partial charge in [0, 0.05) is 17.1 Å². The van der Waals surface area contributed by atoms with Gasteiger partial charge < -0.3 is 9.72 Å². The third kappa shape index (κ3) is 7.43. The number of aromatic nitrogens is 1. The molecular weight excluding hydrogens is 318 g/mol. The van der Waals surface area contributed by atoms with E-state index in [1.54, 1.807) is 7.11 Å². The Morgan fingerprint density at radius 2 is 1.35 bits per heavy atom. The second-order valence-corrected chi connectivity index (χ2v) is 7.72. The number of hydrogen-bond acceptors (Lipinski definition) is 1. The zero-order valence-corrected chi connectivity index (χ0v) is 17.1. The van der Waals surface area contributed by atoms with Gasteiger partial charge in [-0.3, -0.25) is 0 Å². The van der Waals surface area contributed by atoms with E-state index in [-0.39, 0.29) is 0 Å². The lowest BCUT2D eigenvalue weighted by Crippen LogP contribution is -1.87. The number of aryl methyl sites for hydroxylation is 1. The molecule has 0 spiro atoms. The Balaban J connectivity index is 1.48. The van der Waals surface area contributed by atoms with Gasteiger partial charge in [0.05, 0.1) is 7.11 Å². The first kappa shape index (κ1) is 20.9. The highest BCUT2D eigenvalue weighted by molar-refractivity contribution is 5.84. The summed E-state index contributed by atoms with van der Waals surface area (Å²) in [6.07, 6.45) is 21.7. The van der Waals surface area contributed by atoms with Crippen molar-refractivity contribution in [3.8, 4) is 5.75 Å². The van der Waals surface area contributed by atoms with Crippen molar-refractivity contribution < 1.29 is 4.74 Å². The van der Waals surface area contributed by atoms with Gasteiger partial charge in [0.15, 0.2) is 0 Å². The summed E-state index contributed by atoms with van der Waals surface area (Å²) in [5, 5.41) is 1.32. The smallest absolute Gasteiger partial charge is 0.119 e. The summed E-state index contributed by atoms with van der Waals surface area (Å²) in [6, 6.07) is 6.29. The lowest BCUT2D eigenvalue weighted by atomic mass is 10.0. The van der Waals surface area contributed by atoms with E-state index < -0.39 is 0 Å². The number of rotatable bonds is 15. The second kappa shape index (κ2) is 12.8. The largest absolute Gasteiger partial charge is 0.497 e. The normalized spacial score (nSPS) is 11.3. The van der Waals surface area contributed by atoms with E-state index in [2.05, 4.69) is 30.2 Å². The summed E-state index contributed by atoms with van der Waals surface area (Å²) in [5.41, 5.74) is 2.65. The van der Waals surface area contributed by atoms with Crippen molar-refractivity contribution in [2.45, 2.75) is 96.8 Å².